The van der Waals surface area contributed by atoms with Gasteiger partial charge >= 0.3 is 6.36 Å². The zero-order valence-electron chi connectivity index (χ0n) is 17.0. The van der Waals surface area contributed by atoms with Gasteiger partial charge in [0, 0.05) is 35.5 Å². The van der Waals surface area contributed by atoms with Crippen molar-refractivity contribution in [1.29, 1.82) is 0 Å². The Balaban J connectivity index is 1.44. The summed E-state index contributed by atoms with van der Waals surface area (Å²) in [7, 11) is 0. The van der Waals surface area contributed by atoms with Gasteiger partial charge in [0.05, 0.1) is 0 Å². The molecule has 1 aromatic heterocycles. The number of halogens is 3. The number of hydrogen-bond donors (Lipinski definition) is 3. The van der Waals surface area contributed by atoms with Crippen LogP contribution >= 0.6 is 0 Å². The molecule has 1 fully saturated rings. The van der Waals surface area contributed by atoms with Crippen LogP contribution in [0.25, 0.3) is 10.8 Å². The van der Waals surface area contributed by atoms with E-state index in [-0.39, 0.29) is 36.7 Å². The van der Waals surface area contributed by atoms with Gasteiger partial charge in [0.15, 0.2) is 5.88 Å². The van der Waals surface area contributed by atoms with Crippen LogP contribution in [0, 0.1) is 0 Å². The number of aromatic nitrogens is 1. The molecule has 1 aliphatic rings. The molecule has 0 radical (unpaired) electrons. The molecular weight excluding hydrogens is 443 g/mol. The largest absolute Gasteiger partial charge is 0.573 e. The maximum atomic E-state index is 12.3. The van der Waals surface area contributed by atoms with Crippen LogP contribution in [0.15, 0.2) is 48.7 Å². The molecular formula is C22H18F3N3O5. The Morgan fingerprint density at radius 3 is 2.58 bits per heavy atom. The molecule has 2 heterocycles. The summed E-state index contributed by atoms with van der Waals surface area (Å²) in [4.78, 5) is 35.8. The number of alkyl halides is 3. The number of imide groups is 1. The number of fused-ring (bicyclic) bond motifs is 1. The van der Waals surface area contributed by atoms with Crippen LogP contribution in [0.3, 0.4) is 0 Å². The highest BCUT2D eigenvalue weighted by Crippen LogP contribution is 2.33. The number of hydrogen-bond acceptors (Lipinski definition) is 5. The molecule has 3 aromatic rings. The molecule has 0 saturated carbocycles. The van der Waals surface area contributed by atoms with E-state index in [0.29, 0.717) is 16.3 Å². The van der Waals surface area contributed by atoms with E-state index in [1.807, 2.05) is 0 Å². The van der Waals surface area contributed by atoms with E-state index in [9.17, 15) is 32.7 Å². The van der Waals surface area contributed by atoms with E-state index in [1.165, 1.54) is 16.7 Å². The lowest BCUT2D eigenvalue weighted by molar-refractivity contribution is -0.274. The molecule has 8 nitrogen and oxygen atoms in total. The first-order valence-corrected chi connectivity index (χ1v) is 9.91. The summed E-state index contributed by atoms with van der Waals surface area (Å²) in [6.45, 7) is 0.125. The number of nitrogens with zero attached hydrogens (tertiary/aromatic N) is 1. The molecule has 1 saturated heterocycles. The summed E-state index contributed by atoms with van der Waals surface area (Å²) < 4.78 is 41.9. The van der Waals surface area contributed by atoms with E-state index in [4.69, 9.17) is 0 Å². The van der Waals surface area contributed by atoms with Gasteiger partial charge < -0.3 is 19.7 Å². The normalized spacial score (nSPS) is 16.5. The monoisotopic (exact) mass is 461 g/mol. The van der Waals surface area contributed by atoms with Crippen LogP contribution in [0.1, 0.15) is 34.8 Å². The summed E-state index contributed by atoms with van der Waals surface area (Å²) in [5.41, 5.74) is 0.862. The molecule has 1 unspecified atom stereocenters. The summed E-state index contributed by atoms with van der Waals surface area (Å²) in [6.07, 6.45) is -2.76. The fourth-order valence-corrected chi connectivity index (χ4v) is 3.66. The number of amides is 3. The zero-order chi connectivity index (χ0) is 23.8. The van der Waals surface area contributed by atoms with E-state index in [1.54, 1.807) is 24.4 Å². The van der Waals surface area contributed by atoms with Gasteiger partial charge in [0.2, 0.25) is 11.8 Å². The highest BCUT2D eigenvalue weighted by molar-refractivity contribution is 6.00. The lowest BCUT2D eigenvalue weighted by Crippen LogP contribution is -2.41. The van der Waals surface area contributed by atoms with Gasteiger partial charge in [-0.2, -0.15) is 0 Å². The molecule has 0 bridgehead atoms. The first-order valence-electron chi connectivity index (χ1n) is 9.91. The van der Waals surface area contributed by atoms with Gasteiger partial charge in [-0.25, -0.2) is 0 Å². The van der Waals surface area contributed by atoms with Crippen LogP contribution in [-0.4, -0.2) is 33.8 Å². The molecule has 4 rings (SSSR count). The molecule has 1 aliphatic heterocycles. The number of benzene rings is 2. The number of carbonyl (C=O) groups excluding carboxylic acids is 3. The highest BCUT2D eigenvalue weighted by Gasteiger charge is 2.31. The van der Waals surface area contributed by atoms with Crippen LogP contribution in [-0.2, 0) is 16.1 Å². The molecule has 1 atom stereocenters. The first-order chi connectivity index (χ1) is 15.6. The average molecular weight is 461 g/mol. The fourth-order valence-electron chi connectivity index (χ4n) is 3.66. The zero-order valence-corrected chi connectivity index (χ0v) is 17.0. The van der Waals surface area contributed by atoms with Crippen molar-refractivity contribution in [2.75, 3.05) is 0 Å². The Hall–Kier alpha value is -4.02. The van der Waals surface area contributed by atoms with E-state index in [2.05, 4.69) is 15.4 Å². The fraction of sp³-hybridized carbons (Fsp3) is 0.227. The third-order valence-electron chi connectivity index (χ3n) is 5.23. The highest BCUT2D eigenvalue weighted by atomic mass is 19.4. The van der Waals surface area contributed by atoms with Crippen LogP contribution in [0.2, 0.25) is 0 Å². The predicted molar refractivity (Wildman–Crippen MR) is 109 cm³/mol. The van der Waals surface area contributed by atoms with Crippen molar-refractivity contribution in [3.05, 3.63) is 59.8 Å². The number of nitrogens with one attached hydrogen (secondary N) is 2. The number of carbonyl (C=O) groups is 3. The van der Waals surface area contributed by atoms with Gasteiger partial charge in [-0.15, -0.1) is 13.2 Å². The molecule has 3 N–H and O–H groups in total. The van der Waals surface area contributed by atoms with Crippen LogP contribution in [0.4, 0.5) is 13.2 Å². The van der Waals surface area contributed by atoms with Gasteiger partial charge in [0.1, 0.15) is 11.8 Å². The molecule has 3 amide bonds. The summed E-state index contributed by atoms with van der Waals surface area (Å²) in [6, 6.07) is 8.91. The van der Waals surface area contributed by atoms with Gasteiger partial charge in [-0.05, 0) is 48.4 Å². The minimum atomic E-state index is -4.81. The molecule has 33 heavy (non-hydrogen) atoms. The second kappa shape index (κ2) is 8.49. The van der Waals surface area contributed by atoms with Crippen molar-refractivity contribution in [3.8, 4) is 11.6 Å². The first kappa shape index (κ1) is 22.2. The Kier molecular flexibility index (Phi) is 5.71. The number of ether oxygens (including phenoxy) is 1. The minimum absolute atomic E-state index is 0.101. The third-order valence-corrected chi connectivity index (χ3v) is 5.23. The molecule has 11 heteroatoms. The van der Waals surface area contributed by atoms with Crippen molar-refractivity contribution in [2.24, 2.45) is 0 Å². The van der Waals surface area contributed by atoms with Gasteiger partial charge in [-0.3, -0.25) is 19.7 Å². The summed E-state index contributed by atoms with van der Waals surface area (Å²) in [5, 5.41) is 16.6. The molecule has 0 aliphatic carbocycles. The Morgan fingerprint density at radius 2 is 1.91 bits per heavy atom. The number of aromatic hydroxyl groups is 1. The minimum Gasteiger partial charge on any atom is -0.494 e. The smallest absolute Gasteiger partial charge is 0.494 e. The second-order valence-corrected chi connectivity index (χ2v) is 7.50. The Bertz CT molecular complexity index is 1230. The quantitative estimate of drug-likeness (QED) is 0.506. The number of piperidine rings is 1. The molecule has 2 aromatic carbocycles. The maximum absolute atomic E-state index is 12.3. The topological polar surface area (TPSA) is 110 Å². The van der Waals surface area contributed by atoms with Crippen LogP contribution < -0.4 is 15.4 Å². The van der Waals surface area contributed by atoms with E-state index < -0.39 is 30.0 Å². The third kappa shape index (κ3) is 4.92. The molecule has 172 valence electrons. The van der Waals surface area contributed by atoms with E-state index in [0.717, 1.165) is 12.1 Å². The van der Waals surface area contributed by atoms with E-state index >= 15 is 0 Å². The van der Waals surface area contributed by atoms with Crippen molar-refractivity contribution in [3.63, 3.8) is 0 Å². The maximum Gasteiger partial charge on any atom is 0.573 e. The SMILES string of the molecule is O=C1CCC(n2cc3cc(CNC(=O)c4ccc(OC(F)(F)F)cc4)ccc3c2O)C(=O)N1. The second-order valence-electron chi connectivity index (χ2n) is 7.50. The molecule has 0 spiro atoms. The summed E-state index contributed by atoms with van der Waals surface area (Å²) in [5.74, 6) is -1.85. The Morgan fingerprint density at radius 1 is 1.18 bits per heavy atom. The predicted octanol–water partition coefficient (Wildman–Crippen LogP) is 3.15. The van der Waals surface area contributed by atoms with Crippen LogP contribution in [0.5, 0.6) is 11.6 Å². The van der Waals surface area contributed by atoms with Gasteiger partial charge in [-0.1, -0.05) is 6.07 Å². The van der Waals surface area contributed by atoms with Crippen molar-refractivity contribution < 1.29 is 37.4 Å². The Labute approximate surface area is 184 Å². The van der Waals surface area contributed by atoms with Crippen molar-refractivity contribution >= 4 is 28.5 Å². The average Bonchev–Trinajstić information content (AvgIpc) is 3.07. The lowest BCUT2D eigenvalue weighted by atomic mass is 10.1. The number of rotatable bonds is 5. The van der Waals surface area contributed by atoms with Crippen molar-refractivity contribution in [2.45, 2.75) is 31.8 Å². The van der Waals surface area contributed by atoms with Gasteiger partial charge in [0.25, 0.3) is 5.91 Å². The standard InChI is InChI=1S/C22H18F3N3O5/c23-22(24,25)33-15-4-2-13(3-5-15)19(30)26-10-12-1-6-16-14(9-12)11-28(21(16)32)17-7-8-18(29)27-20(17)31/h1-6,9,11,17,32H,7-8,10H2,(H,26,30)(H,27,29,31). The lowest BCUT2D eigenvalue weighted by Gasteiger charge is -2.22. The summed E-state index contributed by atoms with van der Waals surface area (Å²) >= 11 is 0. The van der Waals surface area contributed by atoms with Crippen molar-refractivity contribution in [1.82, 2.24) is 15.2 Å².